The SMILES string of the molecule is O=C(NC1CCCc2c1cnn2Cc1ccccc1)N1CCCC2(CCSC2)C1. The highest BCUT2D eigenvalue weighted by Gasteiger charge is 2.40. The van der Waals surface area contributed by atoms with Crippen LogP contribution in [-0.4, -0.2) is 45.3 Å². The Hall–Kier alpha value is -1.95. The van der Waals surface area contributed by atoms with Crippen LogP contribution in [0.2, 0.25) is 0 Å². The third kappa shape index (κ3) is 3.91. The average Bonchev–Trinajstić information content (AvgIpc) is 3.37. The molecule has 3 aliphatic rings. The number of fused-ring (bicyclic) bond motifs is 1. The lowest BCUT2D eigenvalue weighted by atomic mass is 9.80. The quantitative estimate of drug-likeness (QED) is 0.823. The lowest BCUT2D eigenvalue weighted by Crippen LogP contribution is -2.50. The van der Waals surface area contributed by atoms with Gasteiger partial charge in [0, 0.05) is 30.1 Å². The van der Waals surface area contributed by atoms with Gasteiger partial charge in [0.25, 0.3) is 0 Å². The molecule has 0 saturated carbocycles. The van der Waals surface area contributed by atoms with E-state index in [1.165, 1.54) is 41.2 Å². The van der Waals surface area contributed by atoms with Crippen LogP contribution in [0.5, 0.6) is 0 Å². The number of aromatic nitrogens is 2. The number of thioether (sulfide) groups is 1. The van der Waals surface area contributed by atoms with Gasteiger partial charge in [-0.1, -0.05) is 30.3 Å². The number of rotatable bonds is 3. The zero-order chi connectivity index (χ0) is 19.7. The van der Waals surface area contributed by atoms with E-state index >= 15 is 0 Å². The summed E-state index contributed by atoms with van der Waals surface area (Å²) in [6.45, 7) is 2.62. The third-order valence-electron chi connectivity index (χ3n) is 6.87. The Balaban J connectivity index is 1.28. The fourth-order valence-electron chi connectivity index (χ4n) is 5.25. The van der Waals surface area contributed by atoms with Crippen molar-refractivity contribution in [3.05, 3.63) is 53.3 Å². The summed E-state index contributed by atoms with van der Waals surface area (Å²) in [6, 6.07) is 10.7. The normalized spacial score (nSPS) is 26.5. The molecule has 1 spiro atoms. The van der Waals surface area contributed by atoms with E-state index in [9.17, 15) is 4.79 Å². The topological polar surface area (TPSA) is 50.2 Å². The van der Waals surface area contributed by atoms with Gasteiger partial charge in [0.15, 0.2) is 0 Å². The second kappa shape index (κ2) is 8.05. The van der Waals surface area contributed by atoms with Gasteiger partial charge in [0.1, 0.15) is 0 Å². The maximum Gasteiger partial charge on any atom is 0.317 e. The Kier molecular flexibility index (Phi) is 5.29. The first-order valence-corrected chi connectivity index (χ1v) is 12.1. The molecule has 1 aromatic carbocycles. The molecule has 3 heterocycles. The number of likely N-dealkylation sites (tertiary alicyclic amines) is 1. The molecule has 5 rings (SSSR count). The average molecular weight is 411 g/mol. The van der Waals surface area contributed by atoms with E-state index in [-0.39, 0.29) is 12.1 Å². The lowest BCUT2D eigenvalue weighted by Gasteiger charge is -2.40. The minimum absolute atomic E-state index is 0.0894. The van der Waals surface area contributed by atoms with Crippen LogP contribution < -0.4 is 5.32 Å². The summed E-state index contributed by atoms with van der Waals surface area (Å²) in [5.41, 5.74) is 4.13. The summed E-state index contributed by atoms with van der Waals surface area (Å²) < 4.78 is 2.12. The monoisotopic (exact) mass is 410 g/mol. The summed E-state index contributed by atoms with van der Waals surface area (Å²) in [7, 11) is 0. The molecule has 2 unspecified atom stereocenters. The molecular formula is C23H30N4OS. The largest absolute Gasteiger partial charge is 0.331 e. The summed E-state index contributed by atoms with van der Waals surface area (Å²) >= 11 is 2.05. The van der Waals surface area contributed by atoms with Crippen molar-refractivity contribution in [1.29, 1.82) is 0 Å². The molecule has 2 amide bonds. The van der Waals surface area contributed by atoms with Crippen molar-refractivity contribution in [2.45, 2.75) is 51.1 Å². The minimum Gasteiger partial charge on any atom is -0.331 e. The zero-order valence-corrected chi connectivity index (χ0v) is 17.8. The third-order valence-corrected chi connectivity index (χ3v) is 8.18. The predicted octanol–water partition coefficient (Wildman–Crippen LogP) is 4.24. The van der Waals surface area contributed by atoms with Crippen molar-refractivity contribution in [1.82, 2.24) is 20.0 Å². The molecule has 154 valence electrons. The summed E-state index contributed by atoms with van der Waals surface area (Å²) in [4.78, 5) is 15.2. The van der Waals surface area contributed by atoms with E-state index in [1.54, 1.807) is 0 Å². The predicted molar refractivity (Wildman–Crippen MR) is 117 cm³/mol. The van der Waals surface area contributed by atoms with E-state index in [0.29, 0.717) is 5.41 Å². The van der Waals surface area contributed by atoms with Gasteiger partial charge in [-0.15, -0.1) is 0 Å². The molecule has 1 N–H and O–H groups in total. The molecule has 0 radical (unpaired) electrons. The van der Waals surface area contributed by atoms with Gasteiger partial charge in [-0.2, -0.15) is 16.9 Å². The summed E-state index contributed by atoms with van der Waals surface area (Å²) in [5.74, 6) is 2.47. The van der Waals surface area contributed by atoms with Crippen LogP contribution in [0.1, 0.15) is 55.0 Å². The van der Waals surface area contributed by atoms with Crippen molar-refractivity contribution < 1.29 is 4.79 Å². The van der Waals surface area contributed by atoms with Gasteiger partial charge in [0.05, 0.1) is 18.8 Å². The number of hydrogen-bond donors (Lipinski definition) is 1. The van der Waals surface area contributed by atoms with Crippen LogP contribution in [0.4, 0.5) is 4.79 Å². The molecule has 6 heteroatoms. The van der Waals surface area contributed by atoms with E-state index < -0.39 is 0 Å². The van der Waals surface area contributed by atoms with Crippen LogP contribution in [0.25, 0.3) is 0 Å². The Morgan fingerprint density at radius 1 is 1.24 bits per heavy atom. The first-order valence-electron chi connectivity index (χ1n) is 10.9. The van der Waals surface area contributed by atoms with Gasteiger partial charge >= 0.3 is 6.03 Å². The molecule has 0 bridgehead atoms. The molecule has 1 aliphatic carbocycles. The number of piperidine rings is 1. The van der Waals surface area contributed by atoms with Gasteiger partial charge < -0.3 is 10.2 Å². The van der Waals surface area contributed by atoms with Crippen molar-refractivity contribution in [2.24, 2.45) is 5.41 Å². The zero-order valence-electron chi connectivity index (χ0n) is 17.0. The Bertz CT molecular complexity index is 859. The summed E-state index contributed by atoms with van der Waals surface area (Å²) in [6.07, 6.45) is 8.81. The van der Waals surface area contributed by atoms with Crippen LogP contribution in [0.15, 0.2) is 36.5 Å². The molecule has 2 atom stereocenters. The number of benzene rings is 1. The number of amides is 2. The van der Waals surface area contributed by atoms with E-state index in [2.05, 4.69) is 56.0 Å². The van der Waals surface area contributed by atoms with Crippen LogP contribution in [0.3, 0.4) is 0 Å². The van der Waals surface area contributed by atoms with E-state index in [0.717, 1.165) is 45.3 Å². The number of carbonyl (C=O) groups excluding carboxylic acids is 1. The fourth-order valence-corrected chi connectivity index (χ4v) is 6.79. The van der Waals surface area contributed by atoms with Crippen molar-refractivity contribution >= 4 is 17.8 Å². The molecule has 2 saturated heterocycles. The van der Waals surface area contributed by atoms with Crippen LogP contribution in [-0.2, 0) is 13.0 Å². The first-order chi connectivity index (χ1) is 14.2. The van der Waals surface area contributed by atoms with Gasteiger partial charge in [0.2, 0.25) is 0 Å². The van der Waals surface area contributed by atoms with Gasteiger partial charge in [-0.25, -0.2) is 4.79 Å². The molecule has 5 nitrogen and oxygen atoms in total. The first kappa shape index (κ1) is 19.0. The van der Waals surface area contributed by atoms with Crippen molar-refractivity contribution in [2.75, 3.05) is 24.6 Å². The highest BCUT2D eigenvalue weighted by Crippen LogP contribution is 2.43. The number of nitrogens with zero attached hydrogens (tertiary/aromatic N) is 3. The Labute approximate surface area is 177 Å². The molecule has 29 heavy (non-hydrogen) atoms. The van der Waals surface area contributed by atoms with Crippen LogP contribution >= 0.6 is 11.8 Å². The fraction of sp³-hybridized carbons (Fsp3) is 0.565. The van der Waals surface area contributed by atoms with E-state index in [1.807, 2.05) is 12.3 Å². The van der Waals surface area contributed by atoms with Crippen LogP contribution in [0, 0.1) is 5.41 Å². The maximum atomic E-state index is 13.1. The minimum atomic E-state index is 0.0894. The Morgan fingerprint density at radius 3 is 2.97 bits per heavy atom. The standard InChI is InChI=1S/C23H30N4OS/c28-22(26-12-5-10-23(16-26)11-13-29-17-23)25-20-8-4-9-21-19(20)14-24-27(21)15-18-6-2-1-3-7-18/h1-3,6-7,14,20H,4-5,8-13,15-17H2,(H,25,28). The molecule has 2 aliphatic heterocycles. The highest BCUT2D eigenvalue weighted by atomic mass is 32.2. The molecule has 2 aromatic rings. The number of hydrogen-bond acceptors (Lipinski definition) is 3. The summed E-state index contributed by atoms with van der Waals surface area (Å²) in [5, 5.41) is 8.03. The van der Waals surface area contributed by atoms with Gasteiger partial charge in [-0.3, -0.25) is 4.68 Å². The smallest absolute Gasteiger partial charge is 0.317 e. The number of nitrogens with one attached hydrogen (secondary N) is 1. The highest BCUT2D eigenvalue weighted by molar-refractivity contribution is 7.99. The lowest BCUT2D eigenvalue weighted by molar-refractivity contribution is 0.119. The van der Waals surface area contributed by atoms with Crippen molar-refractivity contribution in [3.8, 4) is 0 Å². The van der Waals surface area contributed by atoms with Crippen molar-refractivity contribution in [3.63, 3.8) is 0 Å². The molecule has 1 aromatic heterocycles. The number of carbonyl (C=O) groups is 1. The van der Waals surface area contributed by atoms with E-state index in [4.69, 9.17) is 0 Å². The maximum absolute atomic E-state index is 13.1. The molecular weight excluding hydrogens is 380 g/mol. The number of urea groups is 1. The Morgan fingerprint density at radius 2 is 2.14 bits per heavy atom. The second-order valence-corrected chi connectivity index (χ2v) is 10.0. The second-order valence-electron chi connectivity index (χ2n) is 8.91. The van der Waals surface area contributed by atoms with Gasteiger partial charge in [-0.05, 0) is 55.3 Å². The molecule has 2 fully saturated rings.